The molecule has 0 atom stereocenters. The second-order valence-electron chi connectivity index (χ2n) is 12.9. The maximum atomic E-state index is 13.2. The zero-order valence-corrected chi connectivity index (χ0v) is 26.7. The lowest BCUT2D eigenvalue weighted by Crippen LogP contribution is -2.20. The van der Waals surface area contributed by atoms with Gasteiger partial charge in [0.1, 0.15) is 0 Å². The Morgan fingerprint density at radius 1 is 0.881 bits per heavy atom. The molecule has 0 bridgehead atoms. The van der Waals surface area contributed by atoms with E-state index in [9.17, 15) is 18.4 Å². The fourth-order valence-electron chi connectivity index (χ4n) is 4.96. The molecular formula is C30H36Cl2F2N6O2. The van der Waals surface area contributed by atoms with Gasteiger partial charge >= 0.3 is 6.43 Å². The van der Waals surface area contributed by atoms with Crippen LogP contribution >= 0.6 is 23.2 Å². The van der Waals surface area contributed by atoms with Crippen LogP contribution in [0.2, 0.25) is 10.0 Å². The number of anilines is 2. The van der Waals surface area contributed by atoms with Crippen LogP contribution in [0.15, 0.2) is 18.2 Å². The van der Waals surface area contributed by atoms with E-state index in [2.05, 4.69) is 41.6 Å². The first kappa shape index (κ1) is 31.7. The smallest absolute Gasteiger partial charge is 0.308 e. The molecule has 0 fully saturated rings. The van der Waals surface area contributed by atoms with Gasteiger partial charge in [0.25, 0.3) is 5.91 Å². The predicted molar refractivity (Wildman–Crippen MR) is 165 cm³/mol. The van der Waals surface area contributed by atoms with Crippen LogP contribution in [0.25, 0.3) is 21.8 Å². The number of rotatable bonds is 6. The van der Waals surface area contributed by atoms with Gasteiger partial charge in [-0.05, 0) is 39.7 Å². The lowest BCUT2D eigenvalue weighted by molar-refractivity contribution is -0.126. The number of fused-ring (bicyclic) bond motifs is 2. The molecule has 2 aromatic heterocycles. The van der Waals surface area contributed by atoms with Crippen molar-refractivity contribution in [3.05, 3.63) is 44.9 Å². The maximum absolute atomic E-state index is 13.2. The molecular weight excluding hydrogens is 585 g/mol. The third kappa shape index (κ3) is 5.83. The van der Waals surface area contributed by atoms with Crippen molar-refractivity contribution in [3.8, 4) is 0 Å². The van der Waals surface area contributed by atoms with Gasteiger partial charge in [0.2, 0.25) is 5.91 Å². The number of alkyl halides is 2. The number of carbonyl (C=O) groups excluding carboxylic acids is 2. The first-order chi connectivity index (χ1) is 19.3. The molecule has 0 unspecified atom stereocenters. The average Bonchev–Trinajstić information content (AvgIpc) is 3.37. The van der Waals surface area contributed by atoms with Gasteiger partial charge in [-0.15, -0.1) is 0 Å². The minimum Gasteiger partial charge on any atom is -0.308 e. The van der Waals surface area contributed by atoms with Crippen LogP contribution in [-0.2, 0) is 34.0 Å². The molecule has 0 saturated carbocycles. The van der Waals surface area contributed by atoms with E-state index < -0.39 is 12.3 Å². The Hall–Kier alpha value is -3.24. The van der Waals surface area contributed by atoms with Crippen molar-refractivity contribution in [1.82, 2.24) is 19.6 Å². The normalized spacial score (nSPS) is 12.6. The number of halogens is 4. The van der Waals surface area contributed by atoms with Gasteiger partial charge < -0.3 is 10.6 Å². The Morgan fingerprint density at radius 3 is 2.00 bits per heavy atom. The second kappa shape index (κ2) is 11.1. The van der Waals surface area contributed by atoms with Crippen LogP contribution in [0.3, 0.4) is 0 Å². The van der Waals surface area contributed by atoms with Gasteiger partial charge in [-0.25, -0.2) is 0 Å². The van der Waals surface area contributed by atoms with Crippen molar-refractivity contribution in [3.63, 3.8) is 0 Å². The Balaban J connectivity index is 2.03. The van der Waals surface area contributed by atoms with Gasteiger partial charge in [-0.3, -0.25) is 19.0 Å². The summed E-state index contributed by atoms with van der Waals surface area (Å²) in [5, 5.41) is 15.9. The molecule has 4 rings (SSSR count). The Kier molecular flexibility index (Phi) is 8.39. The predicted octanol–water partition coefficient (Wildman–Crippen LogP) is 7.67. The summed E-state index contributed by atoms with van der Waals surface area (Å²) < 4.78 is 29.8. The van der Waals surface area contributed by atoms with Gasteiger partial charge in [0.15, 0.2) is 11.6 Å². The van der Waals surface area contributed by atoms with Crippen molar-refractivity contribution < 1.29 is 18.4 Å². The number of amides is 2. The van der Waals surface area contributed by atoms with Crippen molar-refractivity contribution in [1.29, 1.82) is 0 Å². The minimum atomic E-state index is -3.23. The van der Waals surface area contributed by atoms with E-state index in [0.717, 1.165) is 16.6 Å². The van der Waals surface area contributed by atoms with Gasteiger partial charge in [0, 0.05) is 13.0 Å². The van der Waals surface area contributed by atoms with Crippen molar-refractivity contribution >= 4 is 68.5 Å². The third-order valence-electron chi connectivity index (χ3n) is 7.11. The number of nitrogens with zero attached hydrogens (tertiary/aromatic N) is 4. The van der Waals surface area contributed by atoms with E-state index in [-0.39, 0.29) is 40.0 Å². The molecule has 4 aromatic rings. The molecule has 0 saturated heterocycles. The fraction of sp³-hybridized carbons (Fsp3) is 0.467. The number of carbonyl (C=O) groups is 2. The van der Waals surface area contributed by atoms with Crippen LogP contribution in [0.1, 0.15) is 72.1 Å². The molecule has 226 valence electrons. The molecule has 0 spiro atoms. The molecule has 0 aliphatic carbocycles. The first-order valence-electron chi connectivity index (χ1n) is 13.6. The molecule has 8 nitrogen and oxygen atoms in total. The summed E-state index contributed by atoms with van der Waals surface area (Å²) in [6.45, 7) is 15.9. The van der Waals surface area contributed by atoms with E-state index >= 15 is 0 Å². The summed E-state index contributed by atoms with van der Waals surface area (Å²) in [6.07, 6.45) is -3.23. The molecule has 42 heavy (non-hydrogen) atoms. The topological polar surface area (TPSA) is 93.8 Å². The zero-order chi connectivity index (χ0) is 31.5. The molecule has 2 amide bonds. The Bertz CT molecular complexity index is 1710. The number of hydrogen-bond acceptors (Lipinski definition) is 4. The highest BCUT2D eigenvalue weighted by Crippen LogP contribution is 2.42. The van der Waals surface area contributed by atoms with Crippen LogP contribution < -0.4 is 10.6 Å². The summed E-state index contributed by atoms with van der Waals surface area (Å²) in [5.74, 6) is -1.67. The van der Waals surface area contributed by atoms with Gasteiger partial charge in [-0.1, -0.05) is 84.7 Å². The lowest BCUT2D eigenvalue weighted by Gasteiger charge is -2.24. The van der Waals surface area contributed by atoms with E-state index in [1.807, 2.05) is 32.9 Å². The number of nitrogens with one attached hydrogen (secondary N) is 2. The van der Waals surface area contributed by atoms with Gasteiger partial charge in [-0.2, -0.15) is 19.0 Å². The van der Waals surface area contributed by atoms with E-state index in [1.165, 1.54) is 0 Å². The highest BCUT2D eigenvalue weighted by atomic mass is 35.5. The Labute approximate surface area is 253 Å². The highest BCUT2D eigenvalue weighted by Gasteiger charge is 2.29. The Morgan fingerprint density at radius 2 is 1.45 bits per heavy atom. The van der Waals surface area contributed by atoms with Gasteiger partial charge in [0.05, 0.1) is 38.4 Å². The minimum absolute atomic E-state index is 0.0640. The van der Waals surface area contributed by atoms with Crippen LogP contribution in [0.5, 0.6) is 0 Å². The summed E-state index contributed by atoms with van der Waals surface area (Å²) in [6, 6.07) is 5.52. The van der Waals surface area contributed by atoms with Crippen molar-refractivity contribution in [2.75, 3.05) is 10.6 Å². The van der Waals surface area contributed by atoms with E-state index in [1.54, 1.807) is 36.3 Å². The van der Waals surface area contributed by atoms with Crippen LogP contribution in [0.4, 0.5) is 20.4 Å². The summed E-state index contributed by atoms with van der Waals surface area (Å²) in [4.78, 5) is 24.7. The summed E-state index contributed by atoms with van der Waals surface area (Å²) in [5.41, 5.74) is 3.11. The average molecular weight is 622 g/mol. The SMILES string of the molecule is CC(C)C(=O)Nc1nn(C)c2c(C(C)(C)C)cc(Cn3nc(NC(=O)C(F)F)c4c(Cl)ccc(C(C)(C)C)c43)c(Cl)c12. The molecule has 12 heteroatoms. The van der Waals surface area contributed by atoms with Crippen molar-refractivity contribution in [2.24, 2.45) is 13.0 Å². The second-order valence-corrected chi connectivity index (χ2v) is 13.6. The summed E-state index contributed by atoms with van der Waals surface area (Å²) in [7, 11) is 1.80. The fourth-order valence-corrected chi connectivity index (χ4v) is 5.50. The highest BCUT2D eigenvalue weighted by molar-refractivity contribution is 6.38. The zero-order valence-electron chi connectivity index (χ0n) is 25.2. The quantitative estimate of drug-likeness (QED) is 0.231. The van der Waals surface area contributed by atoms with Crippen LogP contribution in [-0.4, -0.2) is 37.8 Å². The van der Waals surface area contributed by atoms with Crippen molar-refractivity contribution in [2.45, 2.75) is 79.2 Å². The molecule has 2 N–H and O–H groups in total. The number of benzene rings is 2. The molecule has 0 radical (unpaired) electrons. The lowest BCUT2D eigenvalue weighted by atomic mass is 9.84. The number of hydrogen-bond donors (Lipinski definition) is 2. The van der Waals surface area contributed by atoms with E-state index in [0.29, 0.717) is 32.7 Å². The number of aryl methyl sites for hydroxylation is 1. The molecule has 0 aliphatic rings. The molecule has 2 heterocycles. The van der Waals surface area contributed by atoms with Crippen LogP contribution in [0, 0.1) is 5.92 Å². The maximum Gasteiger partial charge on any atom is 0.315 e. The first-order valence-corrected chi connectivity index (χ1v) is 14.4. The van der Waals surface area contributed by atoms with E-state index in [4.69, 9.17) is 23.2 Å². The monoisotopic (exact) mass is 620 g/mol. The number of aromatic nitrogens is 4. The summed E-state index contributed by atoms with van der Waals surface area (Å²) >= 11 is 13.7. The standard InChI is InChI=1S/C30H36Cl2F2N6O2/c1-14(2)27(41)35-26-20-21(32)15(12-17(30(6,7)8)22(20)39(9)37-26)13-40-23-16(29(3,4)5)10-11-18(31)19(23)25(38-40)36-28(42)24(33)34/h10-12,14,24H,13H2,1-9H3,(H,35,37,41)(H,36,38,42). The molecule has 2 aromatic carbocycles. The third-order valence-corrected chi connectivity index (χ3v) is 7.85. The largest absolute Gasteiger partial charge is 0.315 e. The molecule has 0 aliphatic heterocycles.